The highest BCUT2D eigenvalue weighted by atomic mass is 19.1. The van der Waals surface area contributed by atoms with Crippen molar-refractivity contribution in [1.82, 2.24) is 15.0 Å². The number of nitrogens with one attached hydrogen (secondary N) is 1. The Hall–Kier alpha value is -2.48. The van der Waals surface area contributed by atoms with E-state index in [4.69, 9.17) is 9.26 Å². The van der Waals surface area contributed by atoms with Gasteiger partial charge in [0.2, 0.25) is 0 Å². The average Bonchev–Trinajstić information content (AvgIpc) is 3.39. The van der Waals surface area contributed by atoms with Crippen LogP contribution >= 0.6 is 0 Å². The Morgan fingerprint density at radius 2 is 2.15 bits per heavy atom. The second kappa shape index (κ2) is 8.04. The van der Waals surface area contributed by atoms with Gasteiger partial charge in [-0.3, -0.25) is 0 Å². The number of nitrogens with zero attached hydrogens (tertiary/aromatic N) is 3. The zero-order valence-electron chi connectivity index (χ0n) is 15.1. The summed E-state index contributed by atoms with van der Waals surface area (Å²) >= 11 is 0. The van der Waals surface area contributed by atoms with Gasteiger partial charge < -0.3 is 19.5 Å². The molecular weight excluding hydrogens is 351 g/mol. The van der Waals surface area contributed by atoms with E-state index in [1.165, 1.54) is 25.0 Å². The second-order valence-electron chi connectivity index (χ2n) is 7.12. The van der Waals surface area contributed by atoms with Crippen molar-refractivity contribution in [1.29, 1.82) is 0 Å². The molecule has 2 amide bonds. The standard InChI is InChI=1S/C19H23FN4O3/c20-14-5-1-2-6-15(14)21-19(25)24-10-4-3-7-16(24)18-22-17(27-23-18)12-26-11-13-8-9-13/h1-2,5-6,13,16H,3-4,7-12H2,(H,21,25). The van der Waals surface area contributed by atoms with Crippen molar-refractivity contribution in [3.63, 3.8) is 0 Å². The highest BCUT2D eigenvalue weighted by Gasteiger charge is 2.32. The van der Waals surface area contributed by atoms with Gasteiger partial charge >= 0.3 is 6.03 Å². The van der Waals surface area contributed by atoms with Gasteiger partial charge in [-0.2, -0.15) is 4.98 Å². The van der Waals surface area contributed by atoms with Crippen LogP contribution in [0.3, 0.4) is 0 Å². The maximum absolute atomic E-state index is 13.8. The first-order chi connectivity index (χ1) is 13.2. The van der Waals surface area contributed by atoms with Crippen molar-refractivity contribution >= 4 is 11.7 Å². The lowest BCUT2D eigenvalue weighted by atomic mass is 10.0. The number of ether oxygens (including phenoxy) is 1. The molecule has 1 aromatic carbocycles. The molecule has 144 valence electrons. The van der Waals surface area contributed by atoms with Crippen LogP contribution in [-0.2, 0) is 11.3 Å². The van der Waals surface area contributed by atoms with Crippen LogP contribution in [0.15, 0.2) is 28.8 Å². The molecule has 1 saturated carbocycles. The predicted octanol–water partition coefficient (Wildman–Crippen LogP) is 3.89. The lowest BCUT2D eigenvalue weighted by molar-refractivity contribution is 0.0894. The molecule has 2 aliphatic rings. The summed E-state index contributed by atoms with van der Waals surface area (Å²) in [6.45, 7) is 1.57. The Labute approximate surface area is 156 Å². The third-order valence-electron chi connectivity index (χ3n) is 4.94. The molecule has 27 heavy (non-hydrogen) atoms. The van der Waals surface area contributed by atoms with Crippen LogP contribution in [0.25, 0.3) is 0 Å². The van der Waals surface area contributed by atoms with Gasteiger partial charge in [-0.25, -0.2) is 9.18 Å². The third-order valence-corrected chi connectivity index (χ3v) is 4.94. The lowest BCUT2D eigenvalue weighted by Crippen LogP contribution is -2.41. The maximum Gasteiger partial charge on any atom is 0.322 e. The van der Waals surface area contributed by atoms with Crippen LogP contribution < -0.4 is 5.32 Å². The summed E-state index contributed by atoms with van der Waals surface area (Å²) in [5.41, 5.74) is 0.161. The highest BCUT2D eigenvalue weighted by Crippen LogP contribution is 2.31. The number of amides is 2. The van der Waals surface area contributed by atoms with Crippen molar-refractivity contribution in [3.8, 4) is 0 Å². The zero-order valence-corrected chi connectivity index (χ0v) is 15.1. The number of carbonyl (C=O) groups excluding carboxylic acids is 1. The first kappa shape index (κ1) is 17.9. The number of benzene rings is 1. The number of rotatable bonds is 6. The van der Waals surface area contributed by atoms with E-state index in [1.54, 1.807) is 17.0 Å². The highest BCUT2D eigenvalue weighted by molar-refractivity contribution is 5.89. The summed E-state index contributed by atoms with van der Waals surface area (Å²) in [7, 11) is 0. The number of likely N-dealkylation sites (tertiary alicyclic amines) is 1. The van der Waals surface area contributed by atoms with Crippen LogP contribution in [0.1, 0.15) is 49.9 Å². The number of carbonyl (C=O) groups is 1. The summed E-state index contributed by atoms with van der Waals surface area (Å²) < 4.78 is 24.7. The predicted molar refractivity (Wildman–Crippen MR) is 95.4 cm³/mol. The van der Waals surface area contributed by atoms with Crippen molar-refractivity contribution in [2.45, 2.75) is 44.8 Å². The normalized spacial score (nSPS) is 19.9. The van der Waals surface area contributed by atoms with Gasteiger partial charge in [-0.05, 0) is 50.2 Å². The first-order valence-corrected chi connectivity index (χ1v) is 9.43. The van der Waals surface area contributed by atoms with Gasteiger partial charge in [-0.1, -0.05) is 17.3 Å². The van der Waals surface area contributed by atoms with Crippen molar-refractivity contribution in [3.05, 3.63) is 41.8 Å². The summed E-state index contributed by atoms with van der Waals surface area (Å²) in [6, 6.07) is 5.47. The molecule has 0 radical (unpaired) electrons. The monoisotopic (exact) mass is 374 g/mol. The fourth-order valence-electron chi connectivity index (χ4n) is 3.25. The summed E-state index contributed by atoms with van der Waals surface area (Å²) in [4.78, 5) is 18.8. The zero-order chi connectivity index (χ0) is 18.6. The molecule has 2 fully saturated rings. The van der Waals surface area contributed by atoms with Crippen LogP contribution in [0.2, 0.25) is 0 Å². The van der Waals surface area contributed by atoms with Gasteiger partial charge in [0.25, 0.3) is 5.89 Å². The molecule has 4 rings (SSSR count). The number of aromatic nitrogens is 2. The number of hydrogen-bond donors (Lipinski definition) is 1. The molecule has 0 bridgehead atoms. The van der Waals surface area contributed by atoms with E-state index < -0.39 is 5.82 Å². The van der Waals surface area contributed by atoms with Crippen molar-refractivity contribution in [2.75, 3.05) is 18.5 Å². The van der Waals surface area contributed by atoms with Crippen LogP contribution in [0.5, 0.6) is 0 Å². The molecule has 2 heterocycles. The largest absolute Gasteiger partial charge is 0.371 e. The summed E-state index contributed by atoms with van der Waals surface area (Å²) in [5.74, 6) is 1.10. The Morgan fingerprint density at radius 1 is 1.30 bits per heavy atom. The summed E-state index contributed by atoms with van der Waals surface area (Å²) in [6.07, 6.45) is 5.05. The molecule has 0 spiro atoms. The van der Waals surface area contributed by atoms with Gasteiger partial charge in [-0.15, -0.1) is 0 Å². The van der Waals surface area contributed by atoms with Gasteiger partial charge in [0.15, 0.2) is 5.82 Å². The van der Waals surface area contributed by atoms with E-state index in [-0.39, 0.29) is 24.4 Å². The molecule has 1 aliphatic carbocycles. The molecule has 7 nitrogen and oxygen atoms in total. The molecule has 1 atom stereocenters. The van der Waals surface area contributed by atoms with Crippen LogP contribution in [-0.4, -0.2) is 34.2 Å². The third kappa shape index (κ3) is 4.44. The van der Waals surface area contributed by atoms with E-state index in [1.807, 2.05) is 0 Å². The Balaban J connectivity index is 1.41. The number of para-hydroxylation sites is 1. The molecule has 2 aromatic rings. The fourth-order valence-corrected chi connectivity index (χ4v) is 3.25. The van der Waals surface area contributed by atoms with E-state index in [9.17, 15) is 9.18 Å². The minimum absolute atomic E-state index is 0.161. The first-order valence-electron chi connectivity index (χ1n) is 9.43. The average molecular weight is 374 g/mol. The SMILES string of the molecule is O=C(Nc1ccccc1F)N1CCCCC1c1noc(COCC2CC2)n1. The van der Waals surface area contributed by atoms with E-state index in [2.05, 4.69) is 15.5 Å². The van der Waals surface area contributed by atoms with Gasteiger partial charge in [0.1, 0.15) is 12.4 Å². The number of halogens is 1. The Bertz CT molecular complexity index is 793. The van der Waals surface area contributed by atoms with Crippen molar-refractivity contribution < 1.29 is 18.4 Å². The fraction of sp³-hybridized carbons (Fsp3) is 0.526. The topological polar surface area (TPSA) is 80.5 Å². The van der Waals surface area contributed by atoms with E-state index in [0.29, 0.717) is 24.2 Å². The van der Waals surface area contributed by atoms with Gasteiger partial charge in [0.05, 0.1) is 18.3 Å². The molecule has 1 N–H and O–H groups in total. The van der Waals surface area contributed by atoms with E-state index >= 15 is 0 Å². The number of hydrogen-bond acceptors (Lipinski definition) is 5. The van der Waals surface area contributed by atoms with Gasteiger partial charge in [0, 0.05) is 6.54 Å². The molecule has 1 saturated heterocycles. The van der Waals surface area contributed by atoms with Crippen molar-refractivity contribution in [2.24, 2.45) is 5.92 Å². The number of piperidine rings is 1. The maximum atomic E-state index is 13.8. The minimum Gasteiger partial charge on any atom is -0.371 e. The lowest BCUT2D eigenvalue weighted by Gasteiger charge is -2.33. The molecule has 1 aromatic heterocycles. The molecule has 1 aliphatic heterocycles. The number of anilines is 1. The van der Waals surface area contributed by atoms with E-state index in [0.717, 1.165) is 25.9 Å². The molecule has 1 unspecified atom stereocenters. The molecule has 8 heteroatoms. The smallest absolute Gasteiger partial charge is 0.322 e. The minimum atomic E-state index is -0.464. The summed E-state index contributed by atoms with van der Waals surface area (Å²) in [5, 5.41) is 6.69. The molecular formula is C19H23FN4O3. The van der Waals surface area contributed by atoms with Crippen LogP contribution in [0, 0.1) is 11.7 Å². The Morgan fingerprint density at radius 3 is 2.96 bits per heavy atom. The second-order valence-corrected chi connectivity index (χ2v) is 7.12. The quantitative estimate of drug-likeness (QED) is 0.830. The Kier molecular flexibility index (Phi) is 5.33. The van der Waals surface area contributed by atoms with Crippen LogP contribution in [0.4, 0.5) is 14.9 Å². The number of urea groups is 1.